The fraction of sp³-hybridized carbons (Fsp3) is 0.875. The van der Waals surface area contributed by atoms with Crippen LogP contribution < -0.4 is 0 Å². The average Bonchev–Trinajstić information content (AvgIpc) is 4.14. The third-order valence-electron chi connectivity index (χ3n) is 14.8. The van der Waals surface area contributed by atoms with E-state index in [4.69, 9.17) is 4.74 Å². The molecule has 0 N–H and O–H groups in total. The van der Waals surface area contributed by atoms with E-state index in [0.29, 0.717) is 32.5 Å². The molecule has 3 saturated carbocycles. The standard InChI is InChI=1S/2C9H16N2.C8H14N2O.C8H14N2.C8H16N2.C6H12N2/c2*1-11-8-9(7-10-11)5-3-2-4-6-9;1-10-7-8(6-9-10)2-4-11-5-3-8;1-10-7-8(6-9-10)4-2-3-5-8;1-4-8(5-2)6-9-10(3)7-8;1-6(2)4-7-8(3)5-6/h2*7H,2-6,8H2,1H3;6H,2-5,7H2,1H3;6H,2-5,7H2,1H3;6H,4-5,7H2,1-3H3;4H,5H2,1-3H3. The van der Waals surface area contributed by atoms with E-state index in [0.717, 1.165) is 65.3 Å². The number of hydrazone groups is 6. The van der Waals surface area contributed by atoms with Gasteiger partial charge in [0.2, 0.25) is 0 Å². The van der Waals surface area contributed by atoms with Gasteiger partial charge in [0.25, 0.3) is 0 Å². The first kappa shape index (κ1) is 48.8. The fourth-order valence-electron chi connectivity index (χ4n) is 10.9. The first-order chi connectivity index (χ1) is 29.1. The van der Waals surface area contributed by atoms with Crippen molar-refractivity contribution in [3.63, 3.8) is 0 Å². The molecule has 13 heteroatoms. The van der Waals surface area contributed by atoms with Crippen LogP contribution in [0.5, 0.6) is 0 Å². The molecular weight excluding hydrogens is 761 g/mol. The van der Waals surface area contributed by atoms with E-state index in [-0.39, 0.29) is 0 Å². The minimum atomic E-state index is 0.300. The van der Waals surface area contributed by atoms with E-state index >= 15 is 0 Å². The first-order valence-electron chi connectivity index (χ1n) is 24.2. The van der Waals surface area contributed by atoms with Gasteiger partial charge in [-0.25, -0.2) is 0 Å². The summed E-state index contributed by atoms with van der Waals surface area (Å²) in [7, 11) is 12.2. The van der Waals surface area contributed by atoms with Crippen molar-refractivity contribution in [2.75, 3.05) is 94.8 Å². The van der Waals surface area contributed by atoms with Gasteiger partial charge in [-0.3, -0.25) is 30.1 Å². The van der Waals surface area contributed by atoms with Crippen molar-refractivity contribution in [3.8, 4) is 0 Å². The zero-order valence-corrected chi connectivity index (χ0v) is 40.6. The third-order valence-corrected chi connectivity index (χ3v) is 14.8. The van der Waals surface area contributed by atoms with Crippen molar-refractivity contribution < 1.29 is 4.74 Å². The molecule has 0 aromatic rings. The molecule has 13 nitrogen and oxygen atoms in total. The fourth-order valence-corrected chi connectivity index (χ4v) is 10.9. The second kappa shape index (κ2) is 21.9. The Morgan fingerprint density at radius 1 is 0.377 bits per heavy atom. The highest BCUT2D eigenvalue weighted by molar-refractivity contribution is 5.70. The van der Waals surface area contributed by atoms with E-state index in [9.17, 15) is 0 Å². The lowest BCUT2D eigenvalue weighted by atomic mass is 9.75. The van der Waals surface area contributed by atoms with Crippen LogP contribution in [0.4, 0.5) is 0 Å². The summed E-state index contributed by atoms with van der Waals surface area (Å²) in [5, 5.41) is 37.7. The van der Waals surface area contributed by atoms with Crippen LogP contribution in [0.1, 0.15) is 143 Å². The van der Waals surface area contributed by atoms with Gasteiger partial charge in [-0.05, 0) is 64.2 Å². The Kier molecular flexibility index (Phi) is 17.5. The van der Waals surface area contributed by atoms with Gasteiger partial charge in [0.15, 0.2) is 0 Å². The Hall–Kier alpha value is -3.22. The van der Waals surface area contributed by atoms with Crippen molar-refractivity contribution in [1.82, 2.24) is 30.1 Å². The predicted octanol–water partition coefficient (Wildman–Crippen LogP) is 8.60. The Morgan fingerprint density at radius 3 is 0.902 bits per heavy atom. The molecule has 346 valence electrons. The molecule has 0 amide bonds. The molecule has 4 spiro atoms. The highest BCUT2D eigenvalue weighted by Gasteiger charge is 2.38. The van der Waals surface area contributed by atoms with E-state index < -0.39 is 0 Å². The maximum absolute atomic E-state index is 5.31. The van der Waals surface area contributed by atoms with Crippen molar-refractivity contribution in [1.29, 1.82) is 0 Å². The first-order valence-corrected chi connectivity index (χ1v) is 24.2. The van der Waals surface area contributed by atoms with E-state index in [1.165, 1.54) is 103 Å². The molecule has 0 aromatic carbocycles. The molecule has 10 aliphatic rings. The monoisotopic (exact) mass is 849 g/mol. The summed E-state index contributed by atoms with van der Waals surface area (Å²) in [6, 6.07) is 0. The van der Waals surface area contributed by atoms with Gasteiger partial charge in [-0.1, -0.05) is 79.1 Å². The van der Waals surface area contributed by atoms with E-state index in [2.05, 4.69) is 126 Å². The normalized spacial score (nSPS) is 26.9. The quantitative estimate of drug-likeness (QED) is 0.274. The van der Waals surface area contributed by atoms with Gasteiger partial charge in [0, 0.05) is 165 Å². The molecule has 0 radical (unpaired) electrons. The number of rotatable bonds is 2. The molecule has 7 heterocycles. The van der Waals surface area contributed by atoms with E-state index in [1.807, 2.05) is 42.4 Å². The summed E-state index contributed by atoms with van der Waals surface area (Å²) in [6.07, 6.45) is 36.9. The van der Waals surface area contributed by atoms with E-state index in [1.54, 1.807) is 0 Å². The maximum Gasteiger partial charge on any atom is 0.0475 e. The molecule has 1 saturated heterocycles. The molecule has 61 heavy (non-hydrogen) atoms. The van der Waals surface area contributed by atoms with Crippen LogP contribution in [-0.2, 0) is 4.74 Å². The third kappa shape index (κ3) is 14.7. The minimum Gasteiger partial charge on any atom is -0.381 e. The van der Waals surface area contributed by atoms with Crippen LogP contribution in [0, 0.1) is 32.5 Å². The summed E-state index contributed by atoms with van der Waals surface area (Å²) in [6.45, 7) is 17.3. The van der Waals surface area contributed by atoms with Gasteiger partial charge >= 0.3 is 0 Å². The predicted molar refractivity (Wildman–Crippen MR) is 258 cm³/mol. The lowest BCUT2D eigenvalue weighted by Crippen LogP contribution is -2.34. The number of nitrogens with zero attached hydrogens (tertiary/aromatic N) is 12. The molecule has 4 fully saturated rings. The molecule has 7 aliphatic heterocycles. The summed E-state index contributed by atoms with van der Waals surface area (Å²) < 4.78 is 5.31. The highest BCUT2D eigenvalue weighted by Crippen LogP contribution is 2.40. The average molecular weight is 849 g/mol. The number of hydrogen-bond acceptors (Lipinski definition) is 13. The second-order valence-corrected chi connectivity index (χ2v) is 21.3. The largest absolute Gasteiger partial charge is 0.381 e. The van der Waals surface area contributed by atoms with Crippen LogP contribution in [-0.4, -0.2) is 162 Å². The van der Waals surface area contributed by atoms with Crippen molar-refractivity contribution in [2.24, 2.45) is 63.1 Å². The maximum atomic E-state index is 5.31. The minimum absolute atomic E-state index is 0.300. The SMILES string of the molecule is CCC1(CC)C=NN(C)C1.CN1CC(C)(C)C=N1.CN1CC2(C=N1)CCCC2.CN1CC2(C=N1)CCCCC2.CN1CC2(C=N1)CCCCC2.CN1CC2(C=N1)CCOCC2. The molecule has 0 aromatic heterocycles. The topological polar surface area (TPSA) is 103 Å². The number of hydrogen-bond donors (Lipinski definition) is 0. The Bertz CT molecular complexity index is 1380. The summed E-state index contributed by atoms with van der Waals surface area (Å²) in [4.78, 5) is 0. The lowest BCUT2D eigenvalue weighted by Gasteiger charge is -2.30. The lowest BCUT2D eigenvalue weighted by molar-refractivity contribution is 0.0425. The summed E-state index contributed by atoms with van der Waals surface area (Å²) in [5.41, 5.74) is 2.49. The zero-order valence-electron chi connectivity index (χ0n) is 40.6. The van der Waals surface area contributed by atoms with Crippen molar-refractivity contribution in [2.45, 2.75) is 143 Å². The Balaban J connectivity index is 0.000000139. The van der Waals surface area contributed by atoms with Crippen LogP contribution in [0.3, 0.4) is 0 Å². The van der Waals surface area contributed by atoms with Crippen LogP contribution in [0.15, 0.2) is 30.6 Å². The zero-order chi connectivity index (χ0) is 44.0. The van der Waals surface area contributed by atoms with Gasteiger partial charge in [-0.2, -0.15) is 30.6 Å². The molecule has 3 aliphatic carbocycles. The molecular formula is C48H88N12O. The second-order valence-electron chi connectivity index (χ2n) is 21.3. The molecule has 0 atom stereocenters. The number of ether oxygens (including phenoxy) is 1. The van der Waals surface area contributed by atoms with Crippen LogP contribution in [0.25, 0.3) is 0 Å². The van der Waals surface area contributed by atoms with Gasteiger partial charge in [0.1, 0.15) is 0 Å². The van der Waals surface area contributed by atoms with Gasteiger partial charge < -0.3 is 4.74 Å². The molecule has 0 bridgehead atoms. The Morgan fingerprint density at radius 2 is 0.672 bits per heavy atom. The van der Waals surface area contributed by atoms with Gasteiger partial charge in [-0.15, -0.1) is 0 Å². The van der Waals surface area contributed by atoms with Crippen LogP contribution >= 0.6 is 0 Å². The summed E-state index contributed by atoms with van der Waals surface area (Å²) >= 11 is 0. The van der Waals surface area contributed by atoms with Crippen molar-refractivity contribution >= 4 is 37.3 Å². The molecule has 0 unspecified atom stereocenters. The highest BCUT2D eigenvalue weighted by atomic mass is 16.5. The van der Waals surface area contributed by atoms with Crippen molar-refractivity contribution in [3.05, 3.63) is 0 Å². The smallest absolute Gasteiger partial charge is 0.0475 e. The van der Waals surface area contributed by atoms with Gasteiger partial charge in [0.05, 0.1) is 0 Å². The van der Waals surface area contributed by atoms with Crippen LogP contribution in [0.2, 0.25) is 0 Å². The molecule has 10 rings (SSSR count). The summed E-state index contributed by atoms with van der Waals surface area (Å²) in [5.74, 6) is 0. The Labute approximate surface area is 372 Å².